The van der Waals surface area contributed by atoms with E-state index >= 15 is 0 Å². The second kappa shape index (κ2) is 6.21. The van der Waals surface area contributed by atoms with E-state index < -0.39 is 0 Å². The van der Waals surface area contributed by atoms with Crippen LogP contribution < -0.4 is 5.32 Å². The van der Waals surface area contributed by atoms with Crippen LogP contribution >= 0.6 is 15.9 Å². The molecule has 0 spiro atoms. The van der Waals surface area contributed by atoms with Crippen molar-refractivity contribution in [1.82, 2.24) is 4.98 Å². The molecule has 0 aliphatic heterocycles. The summed E-state index contributed by atoms with van der Waals surface area (Å²) in [5.74, 6) is 0.889. The summed E-state index contributed by atoms with van der Waals surface area (Å²) < 4.78 is 0.984. The third kappa shape index (κ3) is 4.94. The molecule has 0 radical (unpaired) electrons. The number of hydrogen-bond donors (Lipinski definition) is 2. The Morgan fingerprint density at radius 3 is 2.75 bits per heavy atom. The molecule has 0 saturated carbocycles. The monoisotopic (exact) mass is 286 g/mol. The zero-order valence-corrected chi connectivity index (χ0v) is 11.4. The van der Waals surface area contributed by atoms with Gasteiger partial charge in [-0.1, -0.05) is 13.8 Å². The summed E-state index contributed by atoms with van der Waals surface area (Å²) in [6, 6.07) is 3.92. The van der Waals surface area contributed by atoms with Crippen LogP contribution in [0.2, 0.25) is 0 Å². The number of aliphatic hydroxyl groups is 1. The average Bonchev–Trinajstić information content (AvgIpc) is 2.26. The third-order valence-corrected chi connectivity index (χ3v) is 2.96. The van der Waals surface area contributed by atoms with Gasteiger partial charge in [-0.05, 0) is 46.3 Å². The van der Waals surface area contributed by atoms with Gasteiger partial charge in [-0.25, -0.2) is 4.98 Å². The zero-order chi connectivity index (χ0) is 12.0. The molecule has 3 nitrogen and oxygen atoms in total. The molecule has 0 aromatic carbocycles. The number of rotatable bonds is 6. The fraction of sp³-hybridized carbons (Fsp3) is 0.583. The second-order valence-corrected chi connectivity index (χ2v) is 5.62. The Kier molecular flexibility index (Phi) is 5.22. The van der Waals surface area contributed by atoms with Gasteiger partial charge in [-0.3, -0.25) is 0 Å². The SMILES string of the molecule is CC(C)(CCCO)CNc1ccc(Br)cn1. The van der Waals surface area contributed by atoms with Crippen molar-refractivity contribution in [2.24, 2.45) is 5.41 Å². The Morgan fingerprint density at radius 1 is 1.44 bits per heavy atom. The molecule has 0 atom stereocenters. The van der Waals surface area contributed by atoms with Gasteiger partial charge in [0.1, 0.15) is 5.82 Å². The van der Waals surface area contributed by atoms with Crippen LogP contribution in [0.4, 0.5) is 5.82 Å². The van der Waals surface area contributed by atoms with Gasteiger partial charge in [-0.15, -0.1) is 0 Å². The molecule has 4 heteroatoms. The van der Waals surface area contributed by atoms with Crippen molar-refractivity contribution in [2.75, 3.05) is 18.5 Å². The molecule has 90 valence electrons. The first kappa shape index (κ1) is 13.5. The van der Waals surface area contributed by atoms with Gasteiger partial charge < -0.3 is 10.4 Å². The number of aromatic nitrogens is 1. The lowest BCUT2D eigenvalue weighted by atomic mass is 9.88. The summed E-state index contributed by atoms with van der Waals surface area (Å²) in [6.07, 6.45) is 3.64. The van der Waals surface area contributed by atoms with Crippen molar-refractivity contribution in [2.45, 2.75) is 26.7 Å². The van der Waals surface area contributed by atoms with Gasteiger partial charge in [0.15, 0.2) is 0 Å². The predicted octanol–water partition coefficient (Wildman–Crippen LogP) is 3.05. The van der Waals surface area contributed by atoms with E-state index in [1.165, 1.54) is 0 Å². The van der Waals surface area contributed by atoms with E-state index in [9.17, 15) is 0 Å². The van der Waals surface area contributed by atoms with Gasteiger partial charge in [0.25, 0.3) is 0 Å². The minimum atomic E-state index is 0.178. The molecule has 0 bridgehead atoms. The number of aliphatic hydroxyl groups excluding tert-OH is 1. The lowest BCUT2D eigenvalue weighted by Gasteiger charge is -2.24. The Labute approximate surface area is 105 Å². The molecule has 1 aromatic heterocycles. The Hall–Kier alpha value is -0.610. The van der Waals surface area contributed by atoms with E-state index in [0.717, 1.165) is 29.7 Å². The summed E-state index contributed by atoms with van der Waals surface area (Å²) in [7, 11) is 0. The van der Waals surface area contributed by atoms with E-state index in [-0.39, 0.29) is 12.0 Å². The maximum Gasteiger partial charge on any atom is 0.125 e. The minimum absolute atomic E-state index is 0.178. The van der Waals surface area contributed by atoms with Crippen LogP contribution in [-0.2, 0) is 0 Å². The van der Waals surface area contributed by atoms with E-state index in [0.29, 0.717) is 0 Å². The Morgan fingerprint density at radius 2 is 2.19 bits per heavy atom. The van der Waals surface area contributed by atoms with E-state index in [1.807, 2.05) is 12.1 Å². The highest BCUT2D eigenvalue weighted by Crippen LogP contribution is 2.22. The first-order valence-corrected chi connectivity index (χ1v) is 6.29. The van der Waals surface area contributed by atoms with Gasteiger partial charge in [0.2, 0.25) is 0 Å². The lowest BCUT2D eigenvalue weighted by Crippen LogP contribution is -2.23. The first-order valence-electron chi connectivity index (χ1n) is 5.50. The molecule has 0 aliphatic carbocycles. The summed E-state index contributed by atoms with van der Waals surface area (Å²) in [6.45, 7) is 5.50. The van der Waals surface area contributed by atoms with Crippen LogP contribution in [0.15, 0.2) is 22.8 Å². The van der Waals surface area contributed by atoms with Crippen molar-refractivity contribution in [3.8, 4) is 0 Å². The van der Waals surface area contributed by atoms with Crippen LogP contribution in [0.1, 0.15) is 26.7 Å². The molecule has 1 aromatic rings. The van der Waals surface area contributed by atoms with Crippen LogP contribution in [0, 0.1) is 5.41 Å². The first-order chi connectivity index (χ1) is 7.53. The molecule has 0 aliphatic rings. The fourth-order valence-electron chi connectivity index (χ4n) is 1.46. The summed E-state index contributed by atoms with van der Waals surface area (Å²) in [5, 5.41) is 12.1. The second-order valence-electron chi connectivity index (χ2n) is 4.71. The molecule has 2 N–H and O–H groups in total. The Bertz CT molecular complexity index is 311. The van der Waals surface area contributed by atoms with Gasteiger partial charge in [0.05, 0.1) is 0 Å². The largest absolute Gasteiger partial charge is 0.396 e. The third-order valence-electron chi connectivity index (χ3n) is 2.49. The lowest BCUT2D eigenvalue weighted by molar-refractivity contribution is 0.248. The van der Waals surface area contributed by atoms with Gasteiger partial charge >= 0.3 is 0 Å². The number of nitrogens with zero attached hydrogens (tertiary/aromatic N) is 1. The number of halogens is 1. The Balaban J connectivity index is 2.41. The average molecular weight is 287 g/mol. The van der Waals surface area contributed by atoms with Crippen molar-refractivity contribution < 1.29 is 5.11 Å². The zero-order valence-electron chi connectivity index (χ0n) is 9.83. The molecular formula is C12H19BrN2O. The van der Waals surface area contributed by atoms with Crippen molar-refractivity contribution in [3.63, 3.8) is 0 Å². The number of anilines is 1. The van der Waals surface area contributed by atoms with Gasteiger partial charge in [0, 0.05) is 23.8 Å². The maximum atomic E-state index is 8.81. The normalized spacial score (nSPS) is 11.5. The molecule has 0 fully saturated rings. The van der Waals surface area contributed by atoms with Gasteiger partial charge in [-0.2, -0.15) is 0 Å². The van der Waals surface area contributed by atoms with Crippen LogP contribution in [0.5, 0.6) is 0 Å². The maximum absolute atomic E-state index is 8.81. The van der Waals surface area contributed by atoms with Crippen LogP contribution in [0.3, 0.4) is 0 Å². The van der Waals surface area contributed by atoms with Crippen LogP contribution in [0.25, 0.3) is 0 Å². The number of nitrogens with one attached hydrogen (secondary N) is 1. The molecule has 0 saturated heterocycles. The molecule has 0 amide bonds. The molecular weight excluding hydrogens is 268 g/mol. The molecule has 1 rings (SSSR count). The number of pyridine rings is 1. The fourth-order valence-corrected chi connectivity index (χ4v) is 1.69. The van der Waals surface area contributed by atoms with Crippen molar-refractivity contribution in [1.29, 1.82) is 0 Å². The van der Waals surface area contributed by atoms with E-state index in [4.69, 9.17) is 5.11 Å². The highest BCUT2D eigenvalue weighted by molar-refractivity contribution is 9.10. The quantitative estimate of drug-likeness (QED) is 0.845. The van der Waals surface area contributed by atoms with E-state index in [1.54, 1.807) is 6.20 Å². The topological polar surface area (TPSA) is 45.1 Å². The predicted molar refractivity (Wildman–Crippen MR) is 70.5 cm³/mol. The standard InChI is InChI=1S/C12H19BrN2O/c1-12(2,6-3-7-16)9-15-11-5-4-10(13)8-14-11/h4-5,8,16H,3,6-7,9H2,1-2H3,(H,14,15). The molecule has 0 unspecified atom stereocenters. The molecule has 1 heterocycles. The highest BCUT2D eigenvalue weighted by atomic mass is 79.9. The summed E-state index contributed by atoms with van der Waals surface area (Å²) >= 11 is 3.35. The van der Waals surface area contributed by atoms with E-state index in [2.05, 4.69) is 40.1 Å². The van der Waals surface area contributed by atoms with Crippen molar-refractivity contribution >= 4 is 21.7 Å². The highest BCUT2D eigenvalue weighted by Gasteiger charge is 2.16. The summed E-state index contributed by atoms with van der Waals surface area (Å²) in [5.41, 5.74) is 0.178. The minimum Gasteiger partial charge on any atom is -0.396 e. The van der Waals surface area contributed by atoms with Crippen molar-refractivity contribution in [3.05, 3.63) is 22.8 Å². The smallest absolute Gasteiger partial charge is 0.125 e. The van der Waals surface area contributed by atoms with Crippen LogP contribution in [-0.4, -0.2) is 23.2 Å². The molecule has 16 heavy (non-hydrogen) atoms. The number of hydrogen-bond acceptors (Lipinski definition) is 3. The summed E-state index contributed by atoms with van der Waals surface area (Å²) in [4.78, 5) is 4.25.